The van der Waals surface area contributed by atoms with E-state index in [2.05, 4.69) is 0 Å². The average molecular weight is 192 g/mol. The summed E-state index contributed by atoms with van der Waals surface area (Å²) in [4.78, 5) is 0. The van der Waals surface area contributed by atoms with Crippen LogP contribution in [0.1, 0.15) is 18.1 Å². The fourth-order valence-corrected chi connectivity index (χ4v) is 1.69. The molecule has 2 rings (SSSR count). The number of rotatable bonds is 2. The smallest absolute Gasteiger partial charge is 0.491 e. The molecule has 74 valence electrons. The first-order valence-electron chi connectivity index (χ1n) is 4.78. The van der Waals surface area contributed by atoms with E-state index in [-0.39, 0.29) is 0 Å². The van der Waals surface area contributed by atoms with E-state index >= 15 is 0 Å². The Kier molecular flexibility index (Phi) is 2.48. The van der Waals surface area contributed by atoms with Crippen LogP contribution in [-0.4, -0.2) is 18.7 Å². The van der Waals surface area contributed by atoms with Crippen molar-refractivity contribution in [2.75, 3.05) is 6.61 Å². The topological polar surface area (TPSA) is 38.7 Å². The van der Waals surface area contributed by atoms with Crippen molar-refractivity contribution in [3.8, 4) is 5.75 Å². The van der Waals surface area contributed by atoms with Gasteiger partial charge in [0, 0.05) is 0 Å². The summed E-state index contributed by atoms with van der Waals surface area (Å²) in [5, 5.41) is 9.49. The summed E-state index contributed by atoms with van der Waals surface area (Å²) >= 11 is 0. The number of fused-ring (bicyclic) bond motifs is 1. The number of ether oxygens (including phenoxy) is 1. The lowest BCUT2D eigenvalue weighted by atomic mass is 9.79. The highest BCUT2D eigenvalue weighted by Gasteiger charge is 2.28. The maximum atomic E-state index is 9.49. The maximum Gasteiger partial charge on any atom is 0.491 e. The Morgan fingerprint density at radius 2 is 2.36 bits per heavy atom. The normalized spacial score (nSPS) is 14.4. The van der Waals surface area contributed by atoms with Crippen molar-refractivity contribution >= 4 is 12.6 Å². The molecule has 1 N–H and O–H groups in total. The van der Waals surface area contributed by atoms with E-state index in [1.165, 1.54) is 0 Å². The molecule has 0 saturated heterocycles. The van der Waals surface area contributed by atoms with Crippen molar-refractivity contribution in [1.29, 1.82) is 0 Å². The zero-order valence-corrected chi connectivity index (χ0v) is 8.41. The fraction of sp³-hybridized carbons (Fsp3) is 0.400. The molecular weight excluding hydrogens is 179 g/mol. The molecular formula is C10H13BO3. The van der Waals surface area contributed by atoms with E-state index in [4.69, 9.17) is 9.39 Å². The molecule has 1 aromatic carbocycles. The van der Waals surface area contributed by atoms with Gasteiger partial charge in [0.25, 0.3) is 0 Å². The predicted molar refractivity (Wildman–Crippen MR) is 54.7 cm³/mol. The highest BCUT2D eigenvalue weighted by atomic mass is 16.5. The van der Waals surface area contributed by atoms with Crippen molar-refractivity contribution in [2.24, 2.45) is 0 Å². The molecule has 1 aliphatic rings. The van der Waals surface area contributed by atoms with E-state index in [9.17, 15) is 5.02 Å². The first kappa shape index (κ1) is 9.56. The van der Waals surface area contributed by atoms with Gasteiger partial charge in [-0.2, -0.15) is 0 Å². The van der Waals surface area contributed by atoms with Crippen molar-refractivity contribution < 1.29 is 14.4 Å². The molecule has 4 heteroatoms. The SMILES string of the molecule is CCOc1cc2c(cc1C)COB2O. The molecule has 0 saturated carbocycles. The molecule has 0 atom stereocenters. The Bertz CT molecular complexity index is 351. The van der Waals surface area contributed by atoms with Gasteiger partial charge in [0.1, 0.15) is 5.75 Å². The summed E-state index contributed by atoms with van der Waals surface area (Å²) in [6.45, 7) is 5.07. The van der Waals surface area contributed by atoms with Crippen molar-refractivity contribution in [3.63, 3.8) is 0 Å². The highest BCUT2D eigenvalue weighted by Crippen LogP contribution is 2.21. The molecule has 1 heterocycles. The Morgan fingerprint density at radius 1 is 1.57 bits per heavy atom. The van der Waals surface area contributed by atoms with E-state index < -0.39 is 7.12 Å². The number of aryl methyl sites for hydroxylation is 1. The van der Waals surface area contributed by atoms with Gasteiger partial charge in [-0.15, -0.1) is 0 Å². The van der Waals surface area contributed by atoms with Gasteiger partial charge >= 0.3 is 7.12 Å². The second-order valence-corrected chi connectivity index (χ2v) is 3.41. The lowest BCUT2D eigenvalue weighted by Crippen LogP contribution is -2.28. The third-order valence-electron chi connectivity index (χ3n) is 2.40. The lowest BCUT2D eigenvalue weighted by Gasteiger charge is -2.09. The van der Waals surface area contributed by atoms with Crippen LogP contribution in [0.3, 0.4) is 0 Å². The second kappa shape index (κ2) is 3.63. The van der Waals surface area contributed by atoms with E-state index in [0.717, 1.165) is 22.3 Å². The molecule has 14 heavy (non-hydrogen) atoms. The fourth-order valence-electron chi connectivity index (χ4n) is 1.69. The van der Waals surface area contributed by atoms with E-state index in [1.54, 1.807) is 0 Å². The van der Waals surface area contributed by atoms with Gasteiger partial charge in [0.2, 0.25) is 0 Å². The minimum atomic E-state index is -0.787. The minimum absolute atomic E-state index is 0.490. The van der Waals surface area contributed by atoms with Crippen molar-refractivity contribution in [2.45, 2.75) is 20.5 Å². The van der Waals surface area contributed by atoms with Crippen LogP contribution in [0.4, 0.5) is 0 Å². The van der Waals surface area contributed by atoms with Crippen LogP contribution in [0.15, 0.2) is 12.1 Å². The Morgan fingerprint density at radius 3 is 3.07 bits per heavy atom. The standard InChI is InChI=1S/C10H13BO3/c1-3-13-10-5-9-8(4-7(10)2)6-14-11(9)12/h4-5,12H,3,6H2,1-2H3. The number of hydrogen-bond acceptors (Lipinski definition) is 3. The molecule has 0 radical (unpaired) electrons. The van der Waals surface area contributed by atoms with Gasteiger partial charge in [-0.3, -0.25) is 0 Å². The highest BCUT2D eigenvalue weighted by molar-refractivity contribution is 6.61. The molecule has 0 aliphatic carbocycles. The third-order valence-corrected chi connectivity index (χ3v) is 2.40. The number of benzene rings is 1. The molecule has 3 nitrogen and oxygen atoms in total. The molecule has 0 aromatic heterocycles. The van der Waals surface area contributed by atoms with Gasteiger partial charge in [-0.25, -0.2) is 0 Å². The van der Waals surface area contributed by atoms with Crippen LogP contribution in [0, 0.1) is 6.92 Å². The first-order chi connectivity index (χ1) is 6.72. The van der Waals surface area contributed by atoms with Gasteiger partial charge in [-0.05, 0) is 36.5 Å². The zero-order valence-electron chi connectivity index (χ0n) is 8.41. The zero-order chi connectivity index (χ0) is 10.1. The maximum absolute atomic E-state index is 9.49. The quantitative estimate of drug-likeness (QED) is 0.697. The second-order valence-electron chi connectivity index (χ2n) is 3.41. The van der Waals surface area contributed by atoms with E-state index in [1.807, 2.05) is 26.0 Å². The molecule has 0 spiro atoms. The monoisotopic (exact) mass is 192 g/mol. The van der Waals surface area contributed by atoms with Crippen LogP contribution >= 0.6 is 0 Å². The van der Waals surface area contributed by atoms with Crippen LogP contribution < -0.4 is 10.2 Å². The van der Waals surface area contributed by atoms with Gasteiger partial charge in [-0.1, -0.05) is 6.07 Å². The Balaban J connectivity index is 2.41. The summed E-state index contributed by atoms with van der Waals surface area (Å²) in [6, 6.07) is 3.88. The Labute approximate surface area is 83.8 Å². The lowest BCUT2D eigenvalue weighted by molar-refractivity contribution is 0.275. The van der Waals surface area contributed by atoms with Gasteiger partial charge in [0.15, 0.2) is 0 Å². The summed E-state index contributed by atoms with van der Waals surface area (Å²) in [5.41, 5.74) is 2.97. The third kappa shape index (κ3) is 1.51. The number of hydrogen-bond donors (Lipinski definition) is 1. The molecule has 0 amide bonds. The average Bonchev–Trinajstić information content (AvgIpc) is 2.49. The van der Waals surface area contributed by atoms with Gasteiger partial charge in [0.05, 0.1) is 13.2 Å². The van der Waals surface area contributed by atoms with Crippen LogP contribution in [-0.2, 0) is 11.3 Å². The summed E-state index contributed by atoms with van der Waals surface area (Å²) in [6.07, 6.45) is 0. The first-order valence-corrected chi connectivity index (χ1v) is 4.78. The predicted octanol–water partition coefficient (Wildman–Crippen LogP) is 0.611. The summed E-state index contributed by atoms with van der Waals surface area (Å²) < 4.78 is 10.6. The molecule has 1 aliphatic heterocycles. The van der Waals surface area contributed by atoms with E-state index in [0.29, 0.717) is 13.2 Å². The largest absolute Gasteiger partial charge is 0.494 e. The minimum Gasteiger partial charge on any atom is -0.494 e. The van der Waals surface area contributed by atoms with Gasteiger partial charge < -0.3 is 14.4 Å². The molecule has 0 unspecified atom stereocenters. The van der Waals surface area contributed by atoms with Crippen LogP contribution in [0.25, 0.3) is 0 Å². The molecule has 1 aromatic rings. The van der Waals surface area contributed by atoms with Crippen molar-refractivity contribution in [3.05, 3.63) is 23.3 Å². The molecule has 0 fully saturated rings. The van der Waals surface area contributed by atoms with Crippen LogP contribution in [0.5, 0.6) is 5.75 Å². The van der Waals surface area contributed by atoms with Crippen LogP contribution in [0.2, 0.25) is 0 Å². The Hall–Kier alpha value is -0.995. The molecule has 0 bridgehead atoms. The van der Waals surface area contributed by atoms with Crippen molar-refractivity contribution in [1.82, 2.24) is 0 Å². The summed E-state index contributed by atoms with van der Waals surface area (Å²) in [5.74, 6) is 0.829. The summed E-state index contributed by atoms with van der Waals surface area (Å²) in [7, 11) is -0.787.